The number of nitrogens with zero attached hydrogens (tertiary/aromatic N) is 1. The molecule has 0 bridgehead atoms. The van der Waals surface area contributed by atoms with Gasteiger partial charge in [0.25, 0.3) is 5.91 Å². The van der Waals surface area contributed by atoms with Crippen molar-refractivity contribution in [3.05, 3.63) is 70.1 Å². The van der Waals surface area contributed by atoms with E-state index in [1.54, 1.807) is 6.08 Å². The lowest BCUT2D eigenvalue weighted by atomic mass is 10.1. The Kier molecular flexibility index (Phi) is 7.17. The maximum atomic E-state index is 12.8. The molecule has 1 saturated heterocycles. The number of aryl methyl sites for hydroxylation is 1. The minimum Gasteiger partial charge on any atom is -0.326 e. The van der Waals surface area contributed by atoms with Gasteiger partial charge in [-0.2, -0.15) is 13.2 Å². The largest absolute Gasteiger partial charge is 0.416 e. The molecule has 0 unspecified atom stereocenters. The molecule has 9 heteroatoms. The Morgan fingerprint density at radius 2 is 1.90 bits per heavy atom. The van der Waals surface area contributed by atoms with E-state index in [-0.39, 0.29) is 24.6 Å². The molecule has 31 heavy (non-hydrogen) atoms. The predicted molar refractivity (Wildman–Crippen MR) is 120 cm³/mol. The Morgan fingerprint density at radius 3 is 2.55 bits per heavy atom. The van der Waals surface area contributed by atoms with Gasteiger partial charge in [0.15, 0.2) is 0 Å². The van der Waals surface area contributed by atoms with E-state index in [1.807, 2.05) is 24.3 Å². The fourth-order valence-corrected chi connectivity index (χ4v) is 4.21. The topological polar surface area (TPSA) is 49.4 Å². The molecule has 1 aliphatic rings. The van der Waals surface area contributed by atoms with Gasteiger partial charge in [0.05, 0.1) is 10.5 Å². The number of benzene rings is 2. The summed E-state index contributed by atoms with van der Waals surface area (Å²) in [6.07, 6.45) is -1.92. The zero-order valence-corrected chi connectivity index (χ0v) is 18.2. The molecule has 0 atom stereocenters. The van der Waals surface area contributed by atoms with Crippen molar-refractivity contribution in [1.82, 2.24) is 4.90 Å². The molecule has 1 fully saturated rings. The first kappa shape index (κ1) is 23.0. The van der Waals surface area contributed by atoms with Gasteiger partial charge >= 0.3 is 6.18 Å². The monoisotopic (exact) mass is 464 g/mol. The smallest absolute Gasteiger partial charge is 0.326 e. The van der Waals surface area contributed by atoms with Crippen molar-refractivity contribution in [3.8, 4) is 0 Å². The first-order chi connectivity index (χ1) is 14.7. The van der Waals surface area contributed by atoms with Crippen LogP contribution in [0.2, 0.25) is 0 Å². The van der Waals surface area contributed by atoms with Crippen molar-refractivity contribution in [2.75, 3.05) is 11.9 Å². The first-order valence-electron chi connectivity index (χ1n) is 9.49. The summed E-state index contributed by atoms with van der Waals surface area (Å²) in [4.78, 5) is 26.6. The molecule has 2 amide bonds. The third-order valence-electron chi connectivity index (χ3n) is 4.60. The average molecular weight is 465 g/mol. The predicted octanol–water partition coefficient (Wildman–Crippen LogP) is 5.50. The summed E-state index contributed by atoms with van der Waals surface area (Å²) < 4.78 is 38.7. The molecule has 162 valence electrons. The number of thioether (sulfide) groups is 1. The third kappa shape index (κ3) is 5.95. The summed E-state index contributed by atoms with van der Waals surface area (Å²) in [6.45, 7) is 2.10. The molecule has 2 aromatic rings. The number of halogens is 3. The number of carbonyl (C=O) groups excluding carboxylic acids is 2. The Balaban J connectivity index is 1.60. The SMILES string of the molecule is CCc1ccc(C=C2SC(=S)N(CCC(=O)Nc3cccc(C(F)(F)F)c3)C2=O)cc1. The molecule has 3 rings (SSSR count). The van der Waals surface area contributed by atoms with Gasteiger partial charge in [-0.3, -0.25) is 14.5 Å². The van der Waals surface area contributed by atoms with E-state index >= 15 is 0 Å². The van der Waals surface area contributed by atoms with E-state index < -0.39 is 17.6 Å². The number of carbonyl (C=O) groups is 2. The van der Waals surface area contributed by atoms with Crippen molar-refractivity contribution in [2.45, 2.75) is 25.9 Å². The molecule has 0 aliphatic carbocycles. The van der Waals surface area contributed by atoms with Crippen LogP contribution in [0, 0.1) is 0 Å². The highest BCUT2D eigenvalue weighted by Gasteiger charge is 2.32. The fraction of sp³-hybridized carbons (Fsp3) is 0.227. The summed E-state index contributed by atoms with van der Waals surface area (Å²) >= 11 is 6.42. The third-order valence-corrected chi connectivity index (χ3v) is 5.97. The highest BCUT2D eigenvalue weighted by Crippen LogP contribution is 2.33. The second kappa shape index (κ2) is 9.65. The number of hydrogen-bond acceptors (Lipinski definition) is 4. The quantitative estimate of drug-likeness (QED) is 0.453. The normalized spacial score (nSPS) is 15.6. The Hall–Kier alpha value is -2.65. The van der Waals surface area contributed by atoms with Gasteiger partial charge in [-0.15, -0.1) is 0 Å². The minimum absolute atomic E-state index is 0.0423. The van der Waals surface area contributed by atoms with Crippen LogP contribution in [0.1, 0.15) is 30.0 Å². The van der Waals surface area contributed by atoms with Gasteiger partial charge in [0, 0.05) is 18.7 Å². The molecule has 1 aliphatic heterocycles. The average Bonchev–Trinajstić information content (AvgIpc) is 2.99. The van der Waals surface area contributed by atoms with Crippen LogP contribution in [0.15, 0.2) is 53.4 Å². The number of rotatable bonds is 6. The van der Waals surface area contributed by atoms with Crippen LogP contribution in [0.3, 0.4) is 0 Å². The molecule has 0 spiro atoms. The van der Waals surface area contributed by atoms with E-state index in [9.17, 15) is 22.8 Å². The summed E-state index contributed by atoms with van der Waals surface area (Å²) in [7, 11) is 0. The van der Waals surface area contributed by atoms with E-state index in [0.717, 1.165) is 35.9 Å². The molecule has 4 nitrogen and oxygen atoms in total. The Bertz CT molecular complexity index is 1030. The van der Waals surface area contributed by atoms with Gasteiger partial charge in [-0.25, -0.2) is 0 Å². The zero-order valence-electron chi connectivity index (χ0n) is 16.5. The number of alkyl halides is 3. The van der Waals surface area contributed by atoms with Crippen LogP contribution < -0.4 is 5.32 Å². The maximum absolute atomic E-state index is 12.8. The Labute approximate surface area is 187 Å². The number of amides is 2. The van der Waals surface area contributed by atoms with Crippen molar-refractivity contribution in [2.24, 2.45) is 0 Å². The number of nitrogens with one attached hydrogen (secondary N) is 1. The van der Waals surface area contributed by atoms with Crippen molar-refractivity contribution in [3.63, 3.8) is 0 Å². The van der Waals surface area contributed by atoms with Gasteiger partial charge in [0.2, 0.25) is 5.91 Å². The number of thiocarbonyl (C=S) groups is 1. The van der Waals surface area contributed by atoms with Crippen LogP contribution in [0.25, 0.3) is 6.08 Å². The summed E-state index contributed by atoms with van der Waals surface area (Å²) in [5.74, 6) is -0.797. The van der Waals surface area contributed by atoms with E-state index in [4.69, 9.17) is 12.2 Å². The summed E-state index contributed by atoms with van der Waals surface area (Å²) in [5.41, 5.74) is 1.26. The van der Waals surface area contributed by atoms with Crippen molar-refractivity contribution < 1.29 is 22.8 Å². The molecule has 0 aromatic heterocycles. The van der Waals surface area contributed by atoms with Crippen LogP contribution in [0.5, 0.6) is 0 Å². The second-order valence-corrected chi connectivity index (χ2v) is 8.48. The highest BCUT2D eigenvalue weighted by molar-refractivity contribution is 8.26. The lowest BCUT2D eigenvalue weighted by Gasteiger charge is -2.14. The molecular formula is C22H19F3N2O2S2. The number of anilines is 1. The summed E-state index contributed by atoms with van der Waals surface area (Å²) in [6, 6.07) is 12.2. The van der Waals surface area contributed by atoms with Gasteiger partial charge in [0.1, 0.15) is 4.32 Å². The lowest BCUT2D eigenvalue weighted by Crippen LogP contribution is -2.31. The van der Waals surface area contributed by atoms with Crippen LogP contribution >= 0.6 is 24.0 Å². The second-order valence-electron chi connectivity index (χ2n) is 6.81. The first-order valence-corrected chi connectivity index (χ1v) is 10.7. The molecule has 1 heterocycles. The minimum atomic E-state index is -4.49. The van der Waals surface area contributed by atoms with E-state index in [0.29, 0.717) is 9.23 Å². The highest BCUT2D eigenvalue weighted by atomic mass is 32.2. The maximum Gasteiger partial charge on any atom is 0.416 e. The fourth-order valence-electron chi connectivity index (χ4n) is 2.90. The molecule has 0 radical (unpaired) electrons. The molecule has 1 N–H and O–H groups in total. The summed E-state index contributed by atoms with van der Waals surface area (Å²) in [5, 5.41) is 2.43. The van der Waals surface area contributed by atoms with Crippen molar-refractivity contribution in [1.29, 1.82) is 0 Å². The Morgan fingerprint density at radius 1 is 1.19 bits per heavy atom. The molecular weight excluding hydrogens is 445 g/mol. The van der Waals surface area contributed by atoms with Crippen LogP contribution in [0.4, 0.5) is 18.9 Å². The van der Waals surface area contributed by atoms with Crippen molar-refractivity contribution >= 4 is 51.9 Å². The van der Waals surface area contributed by atoms with Crippen LogP contribution in [-0.2, 0) is 22.2 Å². The van der Waals surface area contributed by atoms with E-state index in [2.05, 4.69) is 12.2 Å². The lowest BCUT2D eigenvalue weighted by molar-refractivity contribution is -0.137. The molecule has 2 aromatic carbocycles. The van der Waals surface area contributed by atoms with E-state index in [1.165, 1.54) is 22.6 Å². The zero-order chi connectivity index (χ0) is 22.6. The van der Waals surface area contributed by atoms with Gasteiger partial charge < -0.3 is 5.32 Å². The standard InChI is InChI=1S/C22H19F3N2O2S2/c1-2-14-6-8-15(9-7-14)12-18-20(29)27(21(30)31-18)11-10-19(28)26-17-5-3-4-16(13-17)22(23,24)25/h3-9,12-13H,2,10-11H2,1H3,(H,26,28). The number of hydrogen-bond donors (Lipinski definition) is 1. The van der Waals surface area contributed by atoms with Crippen LogP contribution in [-0.4, -0.2) is 27.6 Å². The molecule has 0 saturated carbocycles. The van der Waals surface area contributed by atoms with Gasteiger partial charge in [-0.1, -0.05) is 61.2 Å². The van der Waals surface area contributed by atoms with Gasteiger partial charge in [-0.05, 0) is 41.8 Å².